The molecule has 0 aliphatic rings. The largest absolute Gasteiger partial charge is 0.489 e. The third kappa shape index (κ3) is 7.50. The first-order valence-corrected chi connectivity index (χ1v) is 10.8. The fourth-order valence-corrected chi connectivity index (χ4v) is 2.91. The molecule has 0 aromatic heterocycles. The van der Waals surface area contributed by atoms with Crippen LogP contribution in [0.1, 0.15) is 40.1 Å². The number of carbonyl (C=O) groups excluding carboxylic acids is 2. The van der Waals surface area contributed by atoms with Crippen LogP contribution in [0.3, 0.4) is 0 Å². The second-order valence-corrected chi connectivity index (χ2v) is 7.68. The van der Waals surface area contributed by atoms with Gasteiger partial charge in [0.25, 0.3) is 5.91 Å². The number of esters is 1. The van der Waals surface area contributed by atoms with Crippen molar-refractivity contribution in [3.63, 3.8) is 0 Å². The SMILES string of the molecule is C=CCOC(=O)c1ccc(NC(=O)c2ccc(CNC)c(OCC(C)C)c2OCC=C)cc1. The molecule has 33 heavy (non-hydrogen) atoms. The van der Waals surface area contributed by atoms with Crippen molar-refractivity contribution in [1.82, 2.24) is 5.32 Å². The molecule has 0 fully saturated rings. The molecular formula is C26H32N2O5. The molecule has 0 saturated carbocycles. The van der Waals surface area contributed by atoms with Crippen molar-refractivity contribution in [2.75, 3.05) is 32.2 Å². The van der Waals surface area contributed by atoms with E-state index in [0.29, 0.717) is 47.4 Å². The zero-order valence-electron chi connectivity index (χ0n) is 19.5. The lowest BCUT2D eigenvalue weighted by Gasteiger charge is -2.20. The van der Waals surface area contributed by atoms with Crippen molar-refractivity contribution in [3.8, 4) is 11.5 Å². The first-order chi connectivity index (χ1) is 15.9. The van der Waals surface area contributed by atoms with E-state index in [9.17, 15) is 9.59 Å². The van der Waals surface area contributed by atoms with Crippen LogP contribution in [0.25, 0.3) is 0 Å². The molecule has 0 saturated heterocycles. The molecule has 0 atom stereocenters. The monoisotopic (exact) mass is 452 g/mol. The molecular weight excluding hydrogens is 420 g/mol. The second kappa shape index (κ2) is 13.1. The van der Waals surface area contributed by atoms with Crippen LogP contribution in [0.4, 0.5) is 5.69 Å². The maximum atomic E-state index is 13.1. The lowest BCUT2D eigenvalue weighted by molar-refractivity contribution is 0.0549. The number of ether oxygens (including phenoxy) is 3. The van der Waals surface area contributed by atoms with Crippen LogP contribution in [-0.4, -0.2) is 38.7 Å². The smallest absolute Gasteiger partial charge is 0.338 e. The molecule has 0 unspecified atom stereocenters. The molecule has 1 amide bonds. The van der Waals surface area contributed by atoms with Gasteiger partial charge in [0, 0.05) is 17.8 Å². The zero-order chi connectivity index (χ0) is 24.2. The van der Waals surface area contributed by atoms with Crippen molar-refractivity contribution in [3.05, 3.63) is 78.4 Å². The van der Waals surface area contributed by atoms with Gasteiger partial charge in [0.05, 0.1) is 17.7 Å². The quantitative estimate of drug-likeness (QED) is 0.341. The Bertz CT molecular complexity index is 967. The molecule has 0 spiro atoms. The van der Waals surface area contributed by atoms with E-state index in [1.165, 1.54) is 6.08 Å². The van der Waals surface area contributed by atoms with Crippen LogP contribution in [0.5, 0.6) is 11.5 Å². The molecule has 2 aromatic carbocycles. The molecule has 0 aliphatic carbocycles. The van der Waals surface area contributed by atoms with Gasteiger partial charge in [-0.1, -0.05) is 45.2 Å². The fourth-order valence-electron chi connectivity index (χ4n) is 2.91. The summed E-state index contributed by atoms with van der Waals surface area (Å²) in [5.41, 5.74) is 2.13. The molecule has 0 aliphatic heterocycles. The van der Waals surface area contributed by atoms with Crippen LogP contribution in [-0.2, 0) is 11.3 Å². The van der Waals surface area contributed by atoms with Crippen molar-refractivity contribution in [1.29, 1.82) is 0 Å². The minimum Gasteiger partial charge on any atom is -0.489 e. The standard InChI is InChI=1S/C26H32N2O5/c1-6-14-31-24-22(13-10-20(16-27-5)23(24)33-17-18(3)4)25(29)28-21-11-8-19(9-12-21)26(30)32-15-7-2/h6-13,18,27H,1-2,14-17H2,3-5H3,(H,28,29). The van der Waals surface area contributed by atoms with Crippen molar-refractivity contribution >= 4 is 17.6 Å². The normalized spacial score (nSPS) is 10.4. The van der Waals surface area contributed by atoms with Crippen LogP contribution in [0, 0.1) is 5.92 Å². The van der Waals surface area contributed by atoms with Gasteiger partial charge in [0.1, 0.15) is 13.2 Å². The van der Waals surface area contributed by atoms with Gasteiger partial charge < -0.3 is 24.8 Å². The lowest BCUT2D eigenvalue weighted by Crippen LogP contribution is -2.17. The van der Waals surface area contributed by atoms with Gasteiger partial charge in [-0.05, 0) is 43.3 Å². The van der Waals surface area contributed by atoms with E-state index in [1.807, 2.05) is 13.1 Å². The predicted molar refractivity (Wildman–Crippen MR) is 130 cm³/mol. The second-order valence-electron chi connectivity index (χ2n) is 7.68. The highest BCUT2D eigenvalue weighted by Crippen LogP contribution is 2.36. The summed E-state index contributed by atoms with van der Waals surface area (Å²) in [5.74, 6) is 0.383. The molecule has 0 radical (unpaired) electrons. The summed E-state index contributed by atoms with van der Waals surface area (Å²) in [7, 11) is 1.84. The third-order valence-electron chi connectivity index (χ3n) is 4.42. The number of anilines is 1. The molecule has 0 bridgehead atoms. The predicted octanol–water partition coefficient (Wildman–Crippen LogP) is 4.60. The third-order valence-corrected chi connectivity index (χ3v) is 4.42. The van der Waals surface area contributed by atoms with Crippen molar-refractivity contribution < 1.29 is 23.8 Å². The van der Waals surface area contributed by atoms with E-state index >= 15 is 0 Å². The average Bonchev–Trinajstić information content (AvgIpc) is 2.80. The van der Waals surface area contributed by atoms with Gasteiger partial charge in [0.15, 0.2) is 11.5 Å². The minimum absolute atomic E-state index is 0.134. The number of amides is 1. The van der Waals surface area contributed by atoms with Gasteiger partial charge in [-0.25, -0.2) is 4.79 Å². The number of hydrogen-bond acceptors (Lipinski definition) is 6. The Labute approximate surface area is 195 Å². The van der Waals surface area contributed by atoms with Gasteiger partial charge >= 0.3 is 5.97 Å². The molecule has 7 nitrogen and oxygen atoms in total. The van der Waals surface area contributed by atoms with E-state index in [-0.39, 0.29) is 19.1 Å². The van der Waals surface area contributed by atoms with Crippen molar-refractivity contribution in [2.45, 2.75) is 20.4 Å². The Kier molecular flexibility index (Phi) is 10.2. The Balaban J connectivity index is 2.32. The summed E-state index contributed by atoms with van der Waals surface area (Å²) >= 11 is 0. The topological polar surface area (TPSA) is 85.9 Å². The number of nitrogens with one attached hydrogen (secondary N) is 2. The zero-order valence-corrected chi connectivity index (χ0v) is 19.5. The minimum atomic E-state index is -0.458. The fraction of sp³-hybridized carbons (Fsp3) is 0.308. The van der Waals surface area contributed by atoms with Crippen LogP contribution in [0.15, 0.2) is 61.7 Å². The summed E-state index contributed by atoms with van der Waals surface area (Å²) in [6.07, 6.45) is 3.11. The Morgan fingerprint density at radius 2 is 1.67 bits per heavy atom. The van der Waals surface area contributed by atoms with E-state index in [0.717, 1.165) is 5.56 Å². The summed E-state index contributed by atoms with van der Waals surface area (Å²) in [4.78, 5) is 25.1. The highest BCUT2D eigenvalue weighted by atomic mass is 16.5. The average molecular weight is 453 g/mol. The van der Waals surface area contributed by atoms with Crippen LogP contribution >= 0.6 is 0 Å². The first-order valence-electron chi connectivity index (χ1n) is 10.8. The number of hydrogen-bond donors (Lipinski definition) is 2. The van der Waals surface area contributed by atoms with Gasteiger partial charge in [-0.3, -0.25) is 4.79 Å². The van der Waals surface area contributed by atoms with E-state index < -0.39 is 5.97 Å². The summed E-state index contributed by atoms with van der Waals surface area (Å²) < 4.78 is 17.0. The first kappa shape index (κ1) is 25.7. The highest BCUT2D eigenvalue weighted by molar-refractivity contribution is 6.07. The maximum Gasteiger partial charge on any atom is 0.338 e. The molecule has 7 heteroatoms. The van der Waals surface area contributed by atoms with E-state index in [4.69, 9.17) is 14.2 Å². The van der Waals surface area contributed by atoms with Gasteiger partial charge in [-0.15, -0.1) is 0 Å². The van der Waals surface area contributed by atoms with E-state index in [1.54, 1.807) is 36.4 Å². The van der Waals surface area contributed by atoms with Gasteiger partial charge in [-0.2, -0.15) is 0 Å². The Morgan fingerprint density at radius 1 is 0.970 bits per heavy atom. The number of carbonyl (C=O) groups is 2. The maximum absolute atomic E-state index is 13.1. The summed E-state index contributed by atoms with van der Waals surface area (Å²) in [6.45, 7) is 12.7. The van der Waals surface area contributed by atoms with Crippen LogP contribution < -0.4 is 20.1 Å². The Morgan fingerprint density at radius 3 is 2.27 bits per heavy atom. The highest BCUT2D eigenvalue weighted by Gasteiger charge is 2.21. The molecule has 176 valence electrons. The Hall–Kier alpha value is -3.58. The molecule has 2 rings (SSSR count). The lowest BCUT2D eigenvalue weighted by atomic mass is 10.1. The summed E-state index contributed by atoms with van der Waals surface area (Å²) in [5, 5.41) is 5.96. The van der Waals surface area contributed by atoms with Crippen LogP contribution in [0.2, 0.25) is 0 Å². The molecule has 0 heterocycles. The van der Waals surface area contributed by atoms with Crippen molar-refractivity contribution in [2.24, 2.45) is 5.92 Å². The van der Waals surface area contributed by atoms with E-state index in [2.05, 4.69) is 37.6 Å². The molecule has 2 aromatic rings. The summed E-state index contributed by atoms with van der Waals surface area (Å²) in [6, 6.07) is 10.0. The molecule has 2 N–H and O–H groups in total. The van der Waals surface area contributed by atoms with Gasteiger partial charge in [0.2, 0.25) is 0 Å². The number of benzene rings is 2. The number of rotatable bonds is 13.